The molecule has 4 nitrogen and oxygen atoms in total. The van der Waals surface area contributed by atoms with E-state index in [1.54, 1.807) is 6.07 Å². The zero-order valence-corrected chi connectivity index (χ0v) is 10.7. The van der Waals surface area contributed by atoms with Crippen molar-refractivity contribution in [1.29, 1.82) is 0 Å². The second kappa shape index (κ2) is 6.93. The maximum Gasteiger partial charge on any atom is 0.227 e. The van der Waals surface area contributed by atoms with Gasteiger partial charge < -0.3 is 15.2 Å². The van der Waals surface area contributed by atoms with Crippen LogP contribution in [0.4, 0.5) is 5.69 Å². The highest BCUT2D eigenvalue weighted by molar-refractivity contribution is 5.92. The number of amides is 1. The van der Waals surface area contributed by atoms with E-state index in [1.807, 2.05) is 18.2 Å². The third-order valence-electron chi connectivity index (χ3n) is 3.03. The van der Waals surface area contributed by atoms with Gasteiger partial charge in [0.1, 0.15) is 6.61 Å². The van der Waals surface area contributed by atoms with Crippen LogP contribution in [0, 0.1) is 17.8 Å². The van der Waals surface area contributed by atoms with E-state index in [4.69, 9.17) is 9.84 Å². The summed E-state index contributed by atoms with van der Waals surface area (Å²) in [5.41, 5.74) is 1.51. The smallest absolute Gasteiger partial charge is 0.227 e. The number of rotatable bonds is 2. The lowest BCUT2D eigenvalue weighted by Gasteiger charge is -2.21. The monoisotopic (exact) mass is 259 g/mol. The SMILES string of the molecule is O=C(Nc1cccc(C#CCO)c1)C1CCOCC1. The number of carbonyl (C=O) groups is 1. The molecule has 1 aromatic rings. The number of aliphatic hydroxyl groups is 1. The average Bonchev–Trinajstić information content (AvgIpc) is 2.46. The molecule has 1 heterocycles. The van der Waals surface area contributed by atoms with E-state index in [9.17, 15) is 4.79 Å². The van der Waals surface area contributed by atoms with Crippen LogP contribution in [0.25, 0.3) is 0 Å². The molecule has 1 aliphatic rings. The zero-order chi connectivity index (χ0) is 13.5. The number of carbonyl (C=O) groups excluding carboxylic acids is 1. The Kier molecular flexibility index (Phi) is 4.96. The first-order chi connectivity index (χ1) is 9.29. The first kappa shape index (κ1) is 13.6. The summed E-state index contributed by atoms with van der Waals surface area (Å²) in [7, 11) is 0. The third kappa shape index (κ3) is 4.09. The van der Waals surface area contributed by atoms with Gasteiger partial charge in [-0.2, -0.15) is 0 Å². The van der Waals surface area contributed by atoms with Gasteiger partial charge in [-0.15, -0.1) is 0 Å². The summed E-state index contributed by atoms with van der Waals surface area (Å²) in [4.78, 5) is 12.1. The molecular formula is C15H17NO3. The molecule has 0 aromatic heterocycles. The average molecular weight is 259 g/mol. The van der Waals surface area contributed by atoms with Crippen LogP contribution in [-0.2, 0) is 9.53 Å². The fraction of sp³-hybridized carbons (Fsp3) is 0.400. The summed E-state index contributed by atoms with van der Waals surface area (Å²) in [5, 5.41) is 11.6. The highest BCUT2D eigenvalue weighted by Crippen LogP contribution is 2.18. The Bertz CT molecular complexity index is 496. The normalized spacial score (nSPS) is 15.4. The highest BCUT2D eigenvalue weighted by atomic mass is 16.5. The first-order valence-corrected chi connectivity index (χ1v) is 6.38. The van der Waals surface area contributed by atoms with E-state index in [2.05, 4.69) is 17.2 Å². The number of nitrogens with one attached hydrogen (secondary N) is 1. The Morgan fingerprint density at radius 1 is 1.42 bits per heavy atom. The number of hydrogen-bond acceptors (Lipinski definition) is 3. The Labute approximate surface area is 112 Å². The van der Waals surface area contributed by atoms with E-state index in [0.29, 0.717) is 13.2 Å². The molecule has 1 fully saturated rings. The first-order valence-electron chi connectivity index (χ1n) is 6.38. The van der Waals surface area contributed by atoms with Gasteiger partial charge in [-0.05, 0) is 31.0 Å². The van der Waals surface area contributed by atoms with Crippen LogP contribution in [0.2, 0.25) is 0 Å². The Hall–Kier alpha value is -1.83. The molecule has 0 unspecified atom stereocenters. The predicted octanol–water partition coefficient (Wildman–Crippen LogP) is 1.40. The molecular weight excluding hydrogens is 242 g/mol. The molecule has 4 heteroatoms. The molecule has 0 spiro atoms. The van der Waals surface area contributed by atoms with Crippen molar-refractivity contribution in [3.8, 4) is 11.8 Å². The van der Waals surface area contributed by atoms with Gasteiger partial charge in [0.25, 0.3) is 0 Å². The summed E-state index contributed by atoms with van der Waals surface area (Å²) < 4.78 is 5.24. The predicted molar refractivity (Wildman–Crippen MR) is 72.6 cm³/mol. The van der Waals surface area contributed by atoms with Crippen molar-refractivity contribution in [2.24, 2.45) is 5.92 Å². The van der Waals surface area contributed by atoms with Crippen LogP contribution >= 0.6 is 0 Å². The fourth-order valence-electron chi connectivity index (χ4n) is 2.02. The van der Waals surface area contributed by atoms with Gasteiger partial charge in [-0.1, -0.05) is 17.9 Å². The van der Waals surface area contributed by atoms with Crippen molar-refractivity contribution in [3.63, 3.8) is 0 Å². The van der Waals surface area contributed by atoms with Gasteiger partial charge in [-0.25, -0.2) is 0 Å². The third-order valence-corrected chi connectivity index (χ3v) is 3.03. The summed E-state index contributed by atoms with van der Waals surface area (Å²) in [6.45, 7) is 1.14. The second-order valence-electron chi connectivity index (χ2n) is 4.42. The van der Waals surface area contributed by atoms with Crippen LogP contribution in [0.1, 0.15) is 18.4 Å². The second-order valence-corrected chi connectivity index (χ2v) is 4.42. The van der Waals surface area contributed by atoms with Crippen LogP contribution in [0.3, 0.4) is 0 Å². The lowest BCUT2D eigenvalue weighted by Crippen LogP contribution is -2.28. The highest BCUT2D eigenvalue weighted by Gasteiger charge is 2.21. The molecule has 0 bridgehead atoms. The Balaban J connectivity index is 1.99. The van der Waals surface area contributed by atoms with Crippen LogP contribution in [0.5, 0.6) is 0 Å². The van der Waals surface area contributed by atoms with Crippen LogP contribution in [0.15, 0.2) is 24.3 Å². The molecule has 0 atom stereocenters. The van der Waals surface area contributed by atoms with E-state index in [0.717, 1.165) is 24.1 Å². The maximum absolute atomic E-state index is 12.1. The molecule has 2 N–H and O–H groups in total. The van der Waals surface area contributed by atoms with Gasteiger partial charge in [0.05, 0.1) is 0 Å². The molecule has 1 aromatic carbocycles. The van der Waals surface area contributed by atoms with Crippen LogP contribution < -0.4 is 5.32 Å². The summed E-state index contributed by atoms with van der Waals surface area (Å²) in [6, 6.07) is 7.31. The molecule has 2 rings (SSSR count). The minimum absolute atomic E-state index is 0.0286. The van der Waals surface area contributed by atoms with Gasteiger partial charge in [0.15, 0.2) is 0 Å². The molecule has 19 heavy (non-hydrogen) atoms. The van der Waals surface area contributed by atoms with Crippen LogP contribution in [-0.4, -0.2) is 30.8 Å². The minimum Gasteiger partial charge on any atom is -0.384 e. The van der Waals surface area contributed by atoms with Crippen molar-refractivity contribution in [3.05, 3.63) is 29.8 Å². The lowest BCUT2D eigenvalue weighted by atomic mass is 9.99. The molecule has 1 saturated heterocycles. The van der Waals surface area contributed by atoms with Gasteiger partial charge in [0.2, 0.25) is 5.91 Å². The Morgan fingerprint density at radius 3 is 2.95 bits per heavy atom. The molecule has 0 aliphatic carbocycles. The van der Waals surface area contributed by atoms with Crippen molar-refractivity contribution in [2.75, 3.05) is 25.1 Å². The van der Waals surface area contributed by atoms with Crippen molar-refractivity contribution in [2.45, 2.75) is 12.8 Å². The largest absolute Gasteiger partial charge is 0.384 e. The van der Waals surface area contributed by atoms with Crippen molar-refractivity contribution >= 4 is 11.6 Å². The lowest BCUT2D eigenvalue weighted by molar-refractivity contribution is -0.122. The van der Waals surface area contributed by atoms with Gasteiger partial charge in [0, 0.05) is 30.4 Å². The molecule has 1 amide bonds. The van der Waals surface area contributed by atoms with E-state index >= 15 is 0 Å². The number of hydrogen-bond donors (Lipinski definition) is 2. The van der Waals surface area contributed by atoms with E-state index in [1.165, 1.54) is 0 Å². The van der Waals surface area contributed by atoms with Crippen molar-refractivity contribution < 1.29 is 14.6 Å². The summed E-state index contributed by atoms with van der Waals surface area (Å²) >= 11 is 0. The number of anilines is 1. The number of aliphatic hydroxyl groups excluding tert-OH is 1. The summed E-state index contributed by atoms with van der Waals surface area (Å²) in [6.07, 6.45) is 1.55. The molecule has 0 radical (unpaired) electrons. The van der Waals surface area contributed by atoms with E-state index < -0.39 is 0 Å². The zero-order valence-electron chi connectivity index (χ0n) is 10.7. The topological polar surface area (TPSA) is 58.6 Å². The number of benzene rings is 1. The molecule has 1 aliphatic heterocycles. The molecule has 100 valence electrons. The van der Waals surface area contributed by atoms with Crippen molar-refractivity contribution in [1.82, 2.24) is 0 Å². The number of ether oxygens (including phenoxy) is 1. The molecule has 0 saturated carbocycles. The summed E-state index contributed by atoms with van der Waals surface area (Å²) in [5.74, 6) is 5.47. The minimum atomic E-state index is -0.168. The standard InChI is InChI=1S/C15H17NO3/c17-8-2-4-12-3-1-5-14(11-12)16-15(18)13-6-9-19-10-7-13/h1,3,5,11,13,17H,6-10H2,(H,16,18). The Morgan fingerprint density at radius 2 is 2.21 bits per heavy atom. The quantitative estimate of drug-likeness (QED) is 0.789. The van der Waals surface area contributed by atoms with Gasteiger partial charge >= 0.3 is 0 Å². The maximum atomic E-state index is 12.1. The fourth-order valence-corrected chi connectivity index (χ4v) is 2.02. The van der Waals surface area contributed by atoms with E-state index in [-0.39, 0.29) is 18.4 Å². The van der Waals surface area contributed by atoms with Gasteiger partial charge in [-0.3, -0.25) is 4.79 Å².